The standard InChI is InChI=1S/C13H17ClF3NS/c1-2-18-9-11(6-7-19-13(15,16)17)10-4-3-5-12(14)8-10/h3-5,8,11,18H,2,6-7,9H2,1H3. The number of halogens is 4. The van der Waals surface area contributed by atoms with Crippen molar-refractivity contribution in [3.8, 4) is 0 Å². The largest absolute Gasteiger partial charge is 0.441 e. The zero-order valence-electron chi connectivity index (χ0n) is 10.6. The van der Waals surface area contributed by atoms with Crippen molar-refractivity contribution in [2.45, 2.75) is 24.8 Å². The molecule has 0 aromatic heterocycles. The summed E-state index contributed by atoms with van der Waals surface area (Å²) in [4.78, 5) is 0. The first kappa shape index (κ1) is 16.7. The van der Waals surface area contributed by atoms with Crippen LogP contribution in [0.4, 0.5) is 13.2 Å². The molecular formula is C13H17ClF3NS. The maximum Gasteiger partial charge on any atom is 0.441 e. The summed E-state index contributed by atoms with van der Waals surface area (Å²) in [7, 11) is 0. The van der Waals surface area contributed by atoms with Crippen molar-refractivity contribution in [3.63, 3.8) is 0 Å². The average molecular weight is 312 g/mol. The van der Waals surface area contributed by atoms with Crippen molar-refractivity contribution in [1.82, 2.24) is 5.32 Å². The van der Waals surface area contributed by atoms with E-state index in [0.717, 1.165) is 12.1 Å². The molecule has 1 aromatic carbocycles. The van der Waals surface area contributed by atoms with Gasteiger partial charge in [0.2, 0.25) is 0 Å². The third-order valence-corrected chi connectivity index (χ3v) is 3.70. The fraction of sp³-hybridized carbons (Fsp3) is 0.538. The van der Waals surface area contributed by atoms with Gasteiger partial charge in [-0.2, -0.15) is 13.2 Å². The van der Waals surface area contributed by atoms with Gasteiger partial charge in [-0.25, -0.2) is 0 Å². The van der Waals surface area contributed by atoms with Crippen LogP contribution in [0.1, 0.15) is 24.8 Å². The van der Waals surface area contributed by atoms with Gasteiger partial charge in [0, 0.05) is 17.3 Å². The Bertz CT molecular complexity index is 384. The SMILES string of the molecule is CCNCC(CCSC(F)(F)F)c1cccc(Cl)c1. The zero-order valence-corrected chi connectivity index (χ0v) is 12.2. The van der Waals surface area contributed by atoms with Crippen LogP contribution in [0.5, 0.6) is 0 Å². The number of rotatable bonds is 7. The molecule has 0 aliphatic carbocycles. The van der Waals surface area contributed by atoms with Gasteiger partial charge in [0.15, 0.2) is 0 Å². The molecule has 0 saturated carbocycles. The van der Waals surface area contributed by atoms with Gasteiger partial charge in [-0.1, -0.05) is 42.4 Å². The summed E-state index contributed by atoms with van der Waals surface area (Å²) in [5.41, 5.74) is -3.17. The fourth-order valence-corrected chi connectivity index (χ4v) is 2.62. The first-order valence-electron chi connectivity index (χ1n) is 6.09. The van der Waals surface area contributed by atoms with E-state index >= 15 is 0 Å². The third kappa shape index (κ3) is 7.09. The van der Waals surface area contributed by atoms with Crippen LogP contribution in [0, 0.1) is 0 Å². The number of hydrogen-bond donors (Lipinski definition) is 1. The van der Waals surface area contributed by atoms with E-state index in [0.29, 0.717) is 18.0 Å². The molecule has 108 valence electrons. The number of benzene rings is 1. The van der Waals surface area contributed by atoms with Gasteiger partial charge in [-0.15, -0.1) is 0 Å². The van der Waals surface area contributed by atoms with Crippen molar-refractivity contribution in [3.05, 3.63) is 34.9 Å². The quantitative estimate of drug-likeness (QED) is 0.785. The van der Waals surface area contributed by atoms with Crippen LogP contribution in [0.25, 0.3) is 0 Å². The highest BCUT2D eigenvalue weighted by Gasteiger charge is 2.28. The first-order chi connectivity index (χ1) is 8.92. The number of alkyl halides is 3. The predicted octanol–water partition coefficient (Wildman–Crippen LogP) is 4.68. The molecule has 0 aliphatic heterocycles. The Labute approximate surface area is 120 Å². The number of hydrogen-bond acceptors (Lipinski definition) is 2. The van der Waals surface area contributed by atoms with E-state index in [1.54, 1.807) is 6.07 Å². The summed E-state index contributed by atoms with van der Waals surface area (Å²) < 4.78 is 36.5. The van der Waals surface area contributed by atoms with Crippen LogP contribution < -0.4 is 5.32 Å². The molecule has 1 unspecified atom stereocenters. The molecule has 0 amide bonds. The van der Waals surface area contributed by atoms with Crippen molar-refractivity contribution >= 4 is 23.4 Å². The molecule has 1 rings (SSSR count). The number of nitrogens with one attached hydrogen (secondary N) is 1. The lowest BCUT2D eigenvalue weighted by Crippen LogP contribution is -2.22. The summed E-state index contributed by atoms with van der Waals surface area (Å²) in [5.74, 6) is 0.111. The van der Waals surface area contributed by atoms with Crippen LogP contribution in [0.3, 0.4) is 0 Å². The maximum atomic E-state index is 12.2. The van der Waals surface area contributed by atoms with Crippen molar-refractivity contribution < 1.29 is 13.2 Å². The van der Waals surface area contributed by atoms with E-state index in [1.165, 1.54) is 0 Å². The molecule has 0 aliphatic rings. The Morgan fingerprint density at radius 1 is 1.37 bits per heavy atom. The molecule has 0 heterocycles. The van der Waals surface area contributed by atoms with E-state index in [-0.39, 0.29) is 23.4 Å². The van der Waals surface area contributed by atoms with Crippen LogP contribution in [-0.4, -0.2) is 24.4 Å². The summed E-state index contributed by atoms with van der Waals surface area (Å²) in [6.07, 6.45) is 0.470. The van der Waals surface area contributed by atoms with E-state index in [9.17, 15) is 13.2 Å². The van der Waals surface area contributed by atoms with E-state index < -0.39 is 5.51 Å². The van der Waals surface area contributed by atoms with E-state index in [1.807, 2.05) is 25.1 Å². The molecule has 1 atom stereocenters. The van der Waals surface area contributed by atoms with Crippen molar-refractivity contribution in [1.29, 1.82) is 0 Å². The first-order valence-corrected chi connectivity index (χ1v) is 7.45. The molecule has 6 heteroatoms. The summed E-state index contributed by atoms with van der Waals surface area (Å²) in [6.45, 7) is 3.43. The monoisotopic (exact) mass is 311 g/mol. The lowest BCUT2D eigenvalue weighted by atomic mass is 9.96. The summed E-state index contributed by atoms with van der Waals surface area (Å²) >= 11 is 5.96. The lowest BCUT2D eigenvalue weighted by molar-refractivity contribution is -0.0328. The van der Waals surface area contributed by atoms with E-state index in [2.05, 4.69) is 5.32 Å². The number of thioether (sulfide) groups is 1. The highest BCUT2D eigenvalue weighted by atomic mass is 35.5. The molecule has 0 radical (unpaired) electrons. The van der Waals surface area contributed by atoms with Crippen LogP contribution in [-0.2, 0) is 0 Å². The highest BCUT2D eigenvalue weighted by Crippen LogP contribution is 2.33. The van der Waals surface area contributed by atoms with Crippen LogP contribution in [0.2, 0.25) is 5.02 Å². The van der Waals surface area contributed by atoms with Gasteiger partial charge in [0.25, 0.3) is 0 Å². The molecule has 0 spiro atoms. The molecular weight excluding hydrogens is 295 g/mol. The van der Waals surface area contributed by atoms with Crippen molar-refractivity contribution in [2.75, 3.05) is 18.8 Å². The summed E-state index contributed by atoms with van der Waals surface area (Å²) in [5, 5.41) is 3.79. The lowest BCUT2D eigenvalue weighted by Gasteiger charge is -2.18. The smallest absolute Gasteiger partial charge is 0.316 e. The minimum absolute atomic E-state index is 0.0335. The second-order valence-corrected chi connectivity index (χ2v) is 5.74. The Morgan fingerprint density at radius 2 is 2.11 bits per heavy atom. The van der Waals surface area contributed by atoms with Gasteiger partial charge in [-0.05, 0) is 36.6 Å². The van der Waals surface area contributed by atoms with Crippen LogP contribution in [0.15, 0.2) is 24.3 Å². The second kappa shape index (κ2) is 8.02. The van der Waals surface area contributed by atoms with Crippen molar-refractivity contribution in [2.24, 2.45) is 0 Å². The Balaban J connectivity index is 2.61. The zero-order chi connectivity index (χ0) is 14.3. The van der Waals surface area contributed by atoms with Crippen LogP contribution >= 0.6 is 23.4 Å². The molecule has 0 fully saturated rings. The average Bonchev–Trinajstić information content (AvgIpc) is 2.32. The Hall–Kier alpha value is -0.390. The van der Waals surface area contributed by atoms with Gasteiger partial charge < -0.3 is 5.32 Å². The topological polar surface area (TPSA) is 12.0 Å². The highest BCUT2D eigenvalue weighted by molar-refractivity contribution is 8.00. The normalized spacial score (nSPS) is 13.5. The van der Waals surface area contributed by atoms with Gasteiger partial charge in [-0.3, -0.25) is 0 Å². The molecule has 0 saturated heterocycles. The molecule has 1 aromatic rings. The van der Waals surface area contributed by atoms with Gasteiger partial charge in [0.05, 0.1) is 0 Å². The number of likely N-dealkylation sites (N-methyl/N-ethyl adjacent to an activating group) is 1. The van der Waals surface area contributed by atoms with E-state index in [4.69, 9.17) is 11.6 Å². The van der Waals surface area contributed by atoms with Gasteiger partial charge >= 0.3 is 5.51 Å². The van der Waals surface area contributed by atoms with Gasteiger partial charge in [0.1, 0.15) is 0 Å². The molecule has 1 nitrogen and oxygen atoms in total. The molecule has 19 heavy (non-hydrogen) atoms. The minimum Gasteiger partial charge on any atom is -0.316 e. The third-order valence-electron chi connectivity index (χ3n) is 2.69. The minimum atomic E-state index is -4.16. The second-order valence-electron chi connectivity index (χ2n) is 4.14. The maximum absolute atomic E-state index is 12.2. The Kier molecular flexibility index (Phi) is 7.04. The Morgan fingerprint density at radius 3 is 2.68 bits per heavy atom. The molecule has 1 N–H and O–H groups in total. The summed E-state index contributed by atoms with van der Waals surface area (Å²) in [6, 6.07) is 7.32. The predicted molar refractivity (Wildman–Crippen MR) is 75.9 cm³/mol. The molecule has 0 bridgehead atoms. The fourth-order valence-electron chi connectivity index (χ4n) is 1.78.